The number of hydrogen-bond acceptors (Lipinski definition) is 0. The second-order valence-corrected chi connectivity index (χ2v) is 26.1. The predicted octanol–water partition coefficient (Wildman–Crippen LogP) is -0.411. The van der Waals surface area contributed by atoms with Crippen molar-refractivity contribution in [2.24, 2.45) is 0 Å². The zero-order valence-corrected chi connectivity index (χ0v) is 10.8. The van der Waals surface area contributed by atoms with Gasteiger partial charge in [-0.1, -0.05) is 0 Å². The summed E-state index contributed by atoms with van der Waals surface area (Å²) in [5, 5.41) is 0. The standard InChI is InChI=1S/C4H4Se4/c1-2-4-6-8-7-5-3-1/h1-4H/b3-1-,4-2-. The van der Waals surface area contributed by atoms with Crippen molar-refractivity contribution in [2.75, 3.05) is 0 Å². The molecule has 1 rings (SSSR count). The molecule has 0 radical (unpaired) electrons. The summed E-state index contributed by atoms with van der Waals surface area (Å²) in [6, 6.07) is 0. The van der Waals surface area contributed by atoms with Gasteiger partial charge in [-0.05, 0) is 0 Å². The number of allylic oxidation sites excluding steroid dienone is 2. The van der Waals surface area contributed by atoms with Crippen LogP contribution in [0.4, 0.5) is 0 Å². The molecular weight excluding hydrogens is 364 g/mol. The van der Waals surface area contributed by atoms with Gasteiger partial charge in [0.2, 0.25) is 0 Å². The third kappa shape index (κ3) is 3.56. The van der Waals surface area contributed by atoms with Crippen LogP contribution >= 0.6 is 0 Å². The first-order valence-electron chi connectivity index (χ1n) is 1.97. The quantitative estimate of drug-likeness (QED) is 0.511. The van der Waals surface area contributed by atoms with Gasteiger partial charge in [-0.15, -0.1) is 0 Å². The van der Waals surface area contributed by atoms with E-state index in [-0.39, 0.29) is 0 Å². The van der Waals surface area contributed by atoms with Crippen molar-refractivity contribution in [3.05, 3.63) is 22.1 Å². The molecule has 8 heavy (non-hydrogen) atoms. The van der Waals surface area contributed by atoms with Crippen molar-refractivity contribution in [3.8, 4) is 0 Å². The summed E-state index contributed by atoms with van der Waals surface area (Å²) in [7, 11) is 0. The molecule has 1 aliphatic rings. The Hall–Kier alpha value is 1.56. The van der Waals surface area contributed by atoms with Gasteiger partial charge in [0.15, 0.2) is 0 Å². The molecule has 0 atom stereocenters. The summed E-state index contributed by atoms with van der Waals surface area (Å²) in [5.41, 5.74) is 0. The third-order valence-corrected chi connectivity index (χ3v) is 35.2. The molecule has 0 amide bonds. The second kappa shape index (κ2) is 5.35. The van der Waals surface area contributed by atoms with Gasteiger partial charge in [-0.25, -0.2) is 0 Å². The van der Waals surface area contributed by atoms with Crippen LogP contribution in [0, 0.1) is 0 Å². The van der Waals surface area contributed by atoms with Crippen molar-refractivity contribution < 1.29 is 0 Å². The van der Waals surface area contributed by atoms with E-state index in [4.69, 9.17) is 0 Å². The van der Waals surface area contributed by atoms with Crippen molar-refractivity contribution in [1.29, 1.82) is 0 Å². The van der Waals surface area contributed by atoms with E-state index in [1.807, 2.05) is 0 Å². The summed E-state index contributed by atoms with van der Waals surface area (Å²) in [6.07, 6.45) is 4.41. The van der Waals surface area contributed by atoms with Crippen LogP contribution in [0.2, 0.25) is 0 Å². The summed E-state index contributed by atoms with van der Waals surface area (Å²) < 4.78 is 0. The Bertz CT molecular complexity index is 92.6. The zero-order chi connectivity index (χ0) is 5.66. The zero-order valence-electron chi connectivity index (χ0n) is 3.94. The molecule has 0 aliphatic carbocycles. The molecule has 0 spiro atoms. The molecule has 0 saturated heterocycles. The van der Waals surface area contributed by atoms with Crippen molar-refractivity contribution in [3.63, 3.8) is 0 Å². The molecule has 0 aromatic rings. The first-order chi connectivity index (χ1) is 4.00. The Labute approximate surface area is 70.2 Å². The van der Waals surface area contributed by atoms with E-state index < -0.39 is 0 Å². The Morgan fingerprint density at radius 2 is 1.25 bits per heavy atom. The Morgan fingerprint density at radius 3 is 1.75 bits per heavy atom. The molecule has 1 aliphatic heterocycles. The molecule has 0 aromatic carbocycles. The predicted molar refractivity (Wildman–Crippen MR) is 41.3 cm³/mol. The second-order valence-electron chi connectivity index (χ2n) is 0.986. The van der Waals surface area contributed by atoms with Gasteiger partial charge in [0, 0.05) is 0 Å². The van der Waals surface area contributed by atoms with Gasteiger partial charge in [0.25, 0.3) is 0 Å². The monoisotopic (exact) mass is 372 g/mol. The topological polar surface area (TPSA) is 0 Å². The van der Waals surface area contributed by atoms with Crippen LogP contribution in [0.15, 0.2) is 22.1 Å². The van der Waals surface area contributed by atoms with Crippen molar-refractivity contribution in [1.82, 2.24) is 0 Å². The summed E-state index contributed by atoms with van der Waals surface area (Å²) >= 11 is 3.89. The van der Waals surface area contributed by atoms with E-state index in [0.717, 1.165) is 48.9 Å². The van der Waals surface area contributed by atoms with Crippen LogP contribution in [-0.4, -0.2) is 48.9 Å². The van der Waals surface area contributed by atoms with E-state index in [0.29, 0.717) is 0 Å². The van der Waals surface area contributed by atoms with Crippen LogP contribution in [0.5, 0.6) is 0 Å². The minimum atomic E-state index is 0.902. The maximum atomic E-state index is 2.35. The fraction of sp³-hybridized carbons (Fsp3) is 0. The van der Waals surface area contributed by atoms with Gasteiger partial charge >= 0.3 is 71.0 Å². The van der Waals surface area contributed by atoms with E-state index in [1.165, 1.54) is 0 Å². The SMILES string of the molecule is C1=C\[Se][Se][Se][Se]\C=C/1. The van der Waals surface area contributed by atoms with Gasteiger partial charge in [-0.3, -0.25) is 0 Å². The Balaban J connectivity index is 2.33. The molecule has 0 unspecified atom stereocenters. The first-order valence-corrected chi connectivity index (χ1v) is 16.9. The molecular formula is C4H4Se4. The van der Waals surface area contributed by atoms with Gasteiger partial charge in [0.1, 0.15) is 0 Å². The van der Waals surface area contributed by atoms with Crippen LogP contribution in [0.1, 0.15) is 0 Å². The summed E-state index contributed by atoms with van der Waals surface area (Å²) in [6.45, 7) is 0. The first kappa shape index (κ1) is 7.66. The molecule has 0 bridgehead atoms. The summed E-state index contributed by atoms with van der Waals surface area (Å²) in [5.74, 6) is 0. The number of rotatable bonds is 0. The Kier molecular flexibility index (Phi) is 5.13. The van der Waals surface area contributed by atoms with Crippen molar-refractivity contribution >= 4 is 48.9 Å². The molecule has 0 nitrogen and oxygen atoms in total. The van der Waals surface area contributed by atoms with Crippen LogP contribution in [-0.2, 0) is 0 Å². The van der Waals surface area contributed by atoms with Crippen molar-refractivity contribution in [2.45, 2.75) is 0 Å². The van der Waals surface area contributed by atoms with Crippen LogP contribution in [0.3, 0.4) is 0 Å². The Morgan fingerprint density at radius 1 is 0.750 bits per heavy atom. The van der Waals surface area contributed by atoms with E-state index >= 15 is 0 Å². The van der Waals surface area contributed by atoms with E-state index in [9.17, 15) is 0 Å². The van der Waals surface area contributed by atoms with E-state index in [1.54, 1.807) is 0 Å². The molecule has 0 fully saturated rings. The molecule has 4 heteroatoms. The number of hydrogen-bond donors (Lipinski definition) is 0. The fourth-order valence-electron chi connectivity index (χ4n) is 0.232. The fourth-order valence-corrected chi connectivity index (χ4v) is 32.0. The van der Waals surface area contributed by atoms with Crippen LogP contribution in [0.25, 0.3) is 0 Å². The van der Waals surface area contributed by atoms with E-state index in [2.05, 4.69) is 22.1 Å². The average molecular weight is 368 g/mol. The molecule has 0 aromatic heterocycles. The third-order valence-electron chi connectivity index (χ3n) is 0.486. The molecule has 0 N–H and O–H groups in total. The van der Waals surface area contributed by atoms with Gasteiger partial charge in [0.05, 0.1) is 0 Å². The van der Waals surface area contributed by atoms with Crippen LogP contribution < -0.4 is 0 Å². The average Bonchev–Trinajstić information content (AvgIpc) is 1.62. The minimum absolute atomic E-state index is 0.902. The van der Waals surface area contributed by atoms with Gasteiger partial charge < -0.3 is 0 Å². The molecule has 44 valence electrons. The summed E-state index contributed by atoms with van der Waals surface area (Å²) in [4.78, 5) is 4.70. The normalized spacial score (nSPS) is 28.0. The maximum absolute atomic E-state index is 2.35. The molecule has 0 saturated carbocycles. The van der Waals surface area contributed by atoms with Gasteiger partial charge in [-0.2, -0.15) is 0 Å². The molecule has 1 heterocycles.